The van der Waals surface area contributed by atoms with E-state index in [-0.39, 0.29) is 5.56 Å². The number of hydrogen-bond donors (Lipinski definition) is 2. The van der Waals surface area contributed by atoms with E-state index in [2.05, 4.69) is 12.6 Å². The van der Waals surface area contributed by atoms with E-state index in [9.17, 15) is 9.18 Å². The maximum absolute atomic E-state index is 12.9. The lowest BCUT2D eigenvalue weighted by Crippen LogP contribution is -2.00. The van der Waals surface area contributed by atoms with Gasteiger partial charge in [0, 0.05) is 5.75 Å². The van der Waals surface area contributed by atoms with Gasteiger partial charge in [0.15, 0.2) is 0 Å². The first-order valence-electron chi connectivity index (χ1n) is 3.95. The molecular formula is C10H9FO2S. The molecule has 0 atom stereocenters. The van der Waals surface area contributed by atoms with Gasteiger partial charge in [-0.05, 0) is 17.7 Å². The fourth-order valence-electron chi connectivity index (χ4n) is 0.999. The van der Waals surface area contributed by atoms with Crippen LogP contribution >= 0.6 is 12.6 Å². The minimum absolute atomic E-state index is 0.314. The molecule has 0 saturated heterocycles. The Labute approximate surface area is 86.5 Å². The van der Waals surface area contributed by atoms with Crippen LogP contribution in [-0.4, -0.2) is 16.8 Å². The third-order valence-electron chi connectivity index (χ3n) is 1.64. The number of carbonyl (C=O) groups is 1. The van der Waals surface area contributed by atoms with Gasteiger partial charge in [-0.3, -0.25) is 0 Å². The Morgan fingerprint density at radius 1 is 1.57 bits per heavy atom. The predicted molar refractivity (Wildman–Crippen MR) is 56.2 cm³/mol. The lowest BCUT2D eigenvalue weighted by Gasteiger charge is -1.98. The topological polar surface area (TPSA) is 37.3 Å². The monoisotopic (exact) mass is 212 g/mol. The molecule has 0 aliphatic rings. The normalized spacial score (nSPS) is 10.7. The number of aromatic carboxylic acids is 1. The van der Waals surface area contributed by atoms with Crippen LogP contribution in [0.25, 0.3) is 6.08 Å². The number of rotatable bonds is 3. The number of benzene rings is 1. The highest BCUT2D eigenvalue weighted by molar-refractivity contribution is 7.80. The molecule has 4 heteroatoms. The van der Waals surface area contributed by atoms with Crippen molar-refractivity contribution < 1.29 is 14.3 Å². The molecule has 0 amide bonds. The summed E-state index contributed by atoms with van der Waals surface area (Å²) in [5.74, 6) is -1.43. The molecule has 0 aliphatic heterocycles. The molecule has 0 spiro atoms. The van der Waals surface area contributed by atoms with E-state index < -0.39 is 11.8 Å². The number of thiol groups is 1. The van der Waals surface area contributed by atoms with E-state index >= 15 is 0 Å². The molecule has 0 unspecified atom stereocenters. The van der Waals surface area contributed by atoms with Gasteiger partial charge in [-0.15, -0.1) is 0 Å². The number of halogens is 1. The molecule has 14 heavy (non-hydrogen) atoms. The van der Waals surface area contributed by atoms with Gasteiger partial charge in [0.05, 0.1) is 5.56 Å². The molecule has 1 aromatic rings. The van der Waals surface area contributed by atoms with Gasteiger partial charge in [0.25, 0.3) is 0 Å². The van der Waals surface area contributed by atoms with Gasteiger partial charge < -0.3 is 5.11 Å². The minimum Gasteiger partial charge on any atom is -0.478 e. The molecule has 0 radical (unpaired) electrons. The molecule has 0 fully saturated rings. The first-order valence-corrected chi connectivity index (χ1v) is 4.58. The summed E-state index contributed by atoms with van der Waals surface area (Å²) in [6.45, 7) is 0. The van der Waals surface area contributed by atoms with Crippen molar-refractivity contribution in [2.75, 3.05) is 5.75 Å². The summed E-state index contributed by atoms with van der Waals surface area (Å²) in [6.07, 6.45) is 3.45. The number of carboxylic acids is 1. The number of hydrogen-bond acceptors (Lipinski definition) is 2. The lowest BCUT2D eigenvalue weighted by atomic mass is 10.1. The van der Waals surface area contributed by atoms with Crippen LogP contribution in [0, 0.1) is 5.82 Å². The van der Waals surface area contributed by atoms with Gasteiger partial charge in [-0.1, -0.05) is 18.2 Å². The summed E-state index contributed by atoms with van der Waals surface area (Å²) >= 11 is 3.96. The van der Waals surface area contributed by atoms with Crippen LogP contribution < -0.4 is 0 Å². The Morgan fingerprint density at radius 2 is 2.29 bits per heavy atom. The second-order valence-corrected chi connectivity index (χ2v) is 2.99. The van der Waals surface area contributed by atoms with Crippen LogP contribution in [0.1, 0.15) is 15.9 Å². The van der Waals surface area contributed by atoms with Crippen LogP contribution in [0.5, 0.6) is 0 Å². The molecule has 1 aromatic carbocycles. The highest BCUT2D eigenvalue weighted by atomic mass is 32.1. The zero-order valence-corrected chi connectivity index (χ0v) is 8.17. The average molecular weight is 212 g/mol. The lowest BCUT2D eigenvalue weighted by molar-refractivity contribution is 0.0692. The van der Waals surface area contributed by atoms with Crippen molar-refractivity contribution in [1.82, 2.24) is 0 Å². The van der Waals surface area contributed by atoms with Crippen LogP contribution in [0.4, 0.5) is 4.39 Å². The van der Waals surface area contributed by atoms with Crippen molar-refractivity contribution >= 4 is 24.7 Å². The Hall–Kier alpha value is -1.29. The Morgan fingerprint density at radius 3 is 2.86 bits per heavy atom. The van der Waals surface area contributed by atoms with Gasteiger partial charge in [-0.2, -0.15) is 12.6 Å². The highest BCUT2D eigenvalue weighted by Gasteiger charge is 2.09. The largest absolute Gasteiger partial charge is 0.478 e. The molecule has 1 N–H and O–H groups in total. The zero-order chi connectivity index (χ0) is 10.6. The van der Waals surface area contributed by atoms with E-state index in [0.29, 0.717) is 11.3 Å². The van der Waals surface area contributed by atoms with E-state index in [4.69, 9.17) is 5.11 Å². The first-order chi connectivity index (χ1) is 6.65. The fraction of sp³-hybridized carbons (Fsp3) is 0.100. The smallest absolute Gasteiger partial charge is 0.338 e. The second kappa shape index (κ2) is 4.81. The molecule has 2 nitrogen and oxygen atoms in total. The molecular weight excluding hydrogens is 203 g/mol. The van der Waals surface area contributed by atoms with Crippen LogP contribution in [0.15, 0.2) is 24.3 Å². The van der Waals surface area contributed by atoms with Crippen molar-refractivity contribution in [3.05, 3.63) is 41.2 Å². The standard InChI is InChI=1S/C10H9FO2S/c11-9-4-3-7(2-1-5-14)6-8(9)10(12)13/h1-4,6,14H,5H2,(H,12,13). The van der Waals surface area contributed by atoms with Crippen molar-refractivity contribution in [3.63, 3.8) is 0 Å². The molecule has 0 saturated carbocycles. The average Bonchev–Trinajstić information content (AvgIpc) is 2.16. The van der Waals surface area contributed by atoms with Crippen molar-refractivity contribution in [3.8, 4) is 0 Å². The quantitative estimate of drug-likeness (QED) is 0.755. The summed E-state index contributed by atoms with van der Waals surface area (Å²) < 4.78 is 12.9. The second-order valence-electron chi connectivity index (χ2n) is 2.63. The summed E-state index contributed by atoms with van der Waals surface area (Å²) in [4.78, 5) is 10.6. The highest BCUT2D eigenvalue weighted by Crippen LogP contribution is 2.11. The van der Waals surface area contributed by atoms with Crippen LogP contribution in [0.2, 0.25) is 0 Å². The third kappa shape index (κ3) is 2.60. The first kappa shape index (κ1) is 10.8. The predicted octanol–water partition coefficient (Wildman–Crippen LogP) is 2.47. The molecule has 0 aliphatic carbocycles. The van der Waals surface area contributed by atoms with E-state index in [1.165, 1.54) is 12.1 Å². The molecule has 0 aromatic heterocycles. The van der Waals surface area contributed by atoms with E-state index in [1.807, 2.05) is 0 Å². The molecule has 0 heterocycles. The van der Waals surface area contributed by atoms with Crippen LogP contribution in [-0.2, 0) is 0 Å². The summed E-state index contributed by atoms with van der Waals surface area (Å²) in [5.41, 5.74) is 0.337. The maximum atomic E-state index is 12.9. The minimum atomic E-state index is -1.26. The summed E-state index contributed by atoms with van der Waals surface area (Å²) in [7, 11) is 0. The molecule has 74 valence electrons. The third-order valence-corrected chi connectivity index (χ3v) is 1.85. The van der Waals surface area contributed by atoms with Gasteiger partial charge in [0.2, 0.25) is 0 Å². The maximum Gasteiger partial charge on any atom is 0.338 e. The summed E-state index contributed by atoms with van der Waals surface area (Å²) in [6, 6.07) is 3.95. The van der Waals surface area contributed by atoms with Crippen LogP contribution in [0.3, 0.4) is 0 Å². The van der Waals surface area contributed by atoms with Gasteiger partial charge >= 0.3 is 5.97 Å². The van der Waals surface area contributed by atoms with Gasteiger partial charge in [-0.25, -0.2) is 9.18 Å². The number of carboxylic acid groups (broad SMARTS) is 1. The van der Waals surface area contributed by atoms with Crippen molar-refractivity contribution in [2.24, 2.45) is 0 Å². The summed E-state index contributed by atoms with van der Waals surface area (Å²) in [5, 5.41) is 8.64. The SMILES string of the molecule is O=C(O)c1cc(C=CCS)ccc1F. The van der Waals surface area contributed by atoms with E-state index in [0.717, 1.165) is 6.07 Å². The zero-order valence-electron chi connectivity index (χ0n) is 7.27. The van der Waals surface area contributed by atoms with Crippen molar-refractivity contribution in [1.29, 1.82) is 0 Å². The Balaban J connectivity index is 3.06. The Bertz CT molecular complexity index is 374. The Kier molecular flexibility index (Phi) is 3.71. The van der Waals surface area contributed by atoms with E-state index in [1.54, 1.807) is 12.2 Å². The molecule has 0 bridgehead atoms. The fourth-order valence-corrected chi connectivity index (χ4v) is 1.10. The van der Waals surface area contributed by atoms with Crippen molar-refractivity contribution in [2.45, 2.75) is 0 Å². The van der Waals surface area contributed by atoms with Gasteiger partial charge in [0.1, 0.15) is 5.82 Å². The molecule has 1 rings (SSSR count).